The number of aliphatic hydroxyl groups is 1. The SMILES string of the molecule is CCCCN(CCCC)C(=O)c1cc(C)n(-c2ccc(-c3cccc(S(C)(=O)=O)c3)cc2C(=O)N2Cc3ccccc3C[C@H]2CO)n1. The number of carbonyl (C=O) groups excluding carboxylic acids is 2. The van der Waals surface area contributed by atoms with Crippen molar-refractivity contribution in [2.75, 3.05) is 26.0 Å². The standard InChI is InChI=1S/C37H44N4O5S/c1-5-7-18-39(19-8-6-2)37(44)34-20-26(3)41(38-34)35-17-16-29(28-14-11-15-32(22-28)47(4,45)46)23-33(35)36(43)40-24-30-13-10-9-12-27(30)21-31(40)25-42/h9-17,20,22-23,31,42H,5-8,18-19,21,24-25H2,1-4H3/t31-/m0/s1. The number of amides is 2. The lowest BCUT2D eigenvalue weighted by Crippen LogP contribution is -2.46. The molecule has 3 aromatic carbocycles. The number of sulfone groups is 1. The van der Waals surface area contributed by atoms with Crippen LogP contribution in [0, 0.1) is 6.92 Å². The maximum absolute atomic E-state index is 14.6. The van der Waals surface area contributed by atoms with Gasteiger partial charge in [-0.25, -0.2) is 13.1 Å². The molecule has 1 aliphatic rings. The van der Waals surface area contributed by atoms with Crippen molar-refractivity contribution in [2.45, 2.75) is 70.4 Å². The molecule has 1 aliphatic heterocycles. The van der Waals surface area contributed by atoms with E-state index in [0.717, 1.165) is 36.8 Å². The van der Waals surface area contributed by atoms with Crippen molar-refractivity contribution in [1.29, 1.82) is 0 Å². The largest absolute Gasteiger partial charge is 0.394 e. The van der Waals surface area contributed by atoms with Crippen LogP contribution in [0.5, 0.6) is 0 Å². The van der Waals surface area contributed by atoms with E-state index in [0.29, 0.717) is 59.8 Å². The van der Waals surface area contributed by atoms with Gasteiger partial charge < -0.3 is 14.9 Å². The molecule has 1 aromatic heterocycles. The number of aromatic nitrogens is 2. The van der Waals surface area contributed by atoms with E-state index in [4.69, 9.17) is 5.10 Å². The Labute approximate surface area is 277 Å². The van der Waals surface area contributed by atoms with Gasteiger partial charge in [-0.2, -0.15) is 5.10 Å². The van der Waals surface area contributed by atoms with Crippen LogP contribution < -0.4 is 0 Å². The van der Waals surface area contributed by atoms with Gasteiger partial charge >= 0.3 is 0 Å². The number of hydrogen-bond acceptors (Lipinski definition) is 6. The molecule has 5 rings (SSSR count). The molecule has 2 heterocycles. The lowest BCUT2D eigenvalue weighted by Gasteiger charge is -2.36. The Morgan fingerprint density at radius 3 is 2.26 bits per heavy atom. The lowest BCUT2D eigenvalue weighted by atomic mass is 9.93. The third-order valence-electron chi connectivity index (χ3n) is 8.83. The van der Waals surface area contributed by atoms with Gasteiger partial charge in [-0.3, -0.25) is 9.59 Å². The van der Waals surface area contributed by atoms with Gasteiger partial charge in [0.1, 0.15) is 0 Å². The lowest BCUT2D eigenvalue weighted by molar-refractivity contribution is 0.0544. The van der Waals surface area contributed by atoms with Crippen LogP contribution in [-0.4, -0.2) is 76.9 Å². The molecule has 0 spiro atoms. The number of fused-ring (bicyclic) bond motifs is 1. The number of rotatable bonds is 12. The van der Waals surface area contributed by atoms with E-state index in [9.17, 15) is 23.1 Å². The third kappa shape index (κ3) is 7.49. The van der Waals surface area contributed by atoms with Crippen LogP contribution in [0.3, 0.4) is 0 Å². The average molecular weight is 657 g/mol. The number of carbonyl (C=O) groups is 2. The Kier molecular flexibility index (Phi) is 10.6. The molecule has 9 nitrogen and oxygen atoms in total. The zero-order chi connectivity index (χ0) is 33.7. The maximum Gasteiger partial charge on any atom is 0.274 e. The fourth-order valence-corrected chi connectivity index (χ4v) is 6.79. The summed E-state index contributed by atoms with van der Waals surface area (Å²) in [6, 6.07) is 21.3. The molecule has 0 unspecified atom stereocenters. The normalized spacial score (nSPS) is 14.6. The minimum absolute atomic E-state index is 0.135. The highest BCUT2D eigenvalue weighted by atomic mass is 32.2. The van der Waals surface area contributed by atoms with Crippen LogP contribution in [-0.2, 0) is 22.8 Å². The number of aliphatic hydroxyl groups excluding tert-OH is 1. The second-order valence-electron chi connectivity index (χ2n) is 12.4. The van der Waals surface area contributed by atoms with Crippen LogP contribution in [0.25, 0.3) is 16.8 Å². The molecule has 4 aromatic rings. The summed E-state index contributed by atoms with van der Waals surface area (Å²) >= 11 is 0. The summed E-state index contributed by atoms with van der Waals surface area (Å²) in [7, 11) is -3.45. The van der Waals surface area contributed by atoms with E-state index in [2.05, 4.69) is 13.8 Å². The van der Waals surface area contributed by atoms with Crippen molar-refractivity contribution in [3.63, 3.8) is 0 Å². The van der Waals surface area contributed by atoms with Gasteiger partial charge in [0, 0.05) is 31.6 Å². The Hall–Kier alpha value is -4.28. The van der Waals surface area contributed by atoms with Crippen molar-refractivity contribution in [2.24, 2.45) is 0 Å². The Balaban J connectivity index is 1.61. The van der Waals surface area contributed by atoms with Gasteiger partial charge in [0.15, 0.2) is 15.5 Å². The number of unbranched alkanes of at least 4 members (excludes halogenated alkanes) is 2. The molecule has 248 valence electrons. The molecule has 0 saturated carbocycles. The second kappa shape index (κ2) is 14.6. The minimum Gasteiger partial charge on any atom is -0.394 e. The quantitative estimate of drug-likeness (QED) is 0.205. The minimum atomic E-state index is -3.45. The van der Waals surface area contributed by atoms with E-state index < -0.39 is 15.9 Å². The third-order valence-corrected chi connectivity index (χ3v) is 9.94. The van der Waals surface area contributed by atoms with E-state index in [1.165, 1.54) is 6.26 Å². The van der Waals surface area contributed by atoms with E-state index in [-0.39, 0.29) is 23.3 Å². The second-order valence-corrected chi connectivity index (χ2v) is 14.4. The number of aryl methyl sites for hydroxylation is 1. The summed E-state index contributed by atoms with van der Waals surface area (Å²) in [5.41, 5.74) is 5.28. The molecule has 10 heteroatoms. The summed E-state index contributed by atoms with van der Waals surface area (Å²) in [4.78, 5) is 32.0. The topological polar surface area (TPSA) is 113 Å². The first-order valence-electron chi connectivity index (χ1n) is 16.3. The number of nitrogens with zero attached hydrogens (tertiary/aromatic N) is 4. The first-order valence-corrected chi connectivity index (χ1v) is 18.2. The molecule has 1 N–H and O–H groups in total. The fraction of sp³-hybridized carbons (Fsp3) is 0.378. The molecule has 2 amide bonds. The molecular weight excluding hydrogens is 612 g/mol. The van der Waals surface area contributed by atoms with Crippen molar-refractivity contribution in [3.05, 3.63) is 101 Å². The van der Waals surface area contributed by atoms with E-state index in [1.54, 1.807) is 46.0 Å². The average Bonchev–Trinajstić information content (AvgIpc) is 3.47. The molecule has 0 radical (unpaired) electrons. The first kappa shape index (κ1) is 34.1. The van der Waals surface area contributed by atoms with Crippen molar-refractivity contribution in [1.82, 2.24) is 19.6 Å². The number of hydrogen-bond donors (Lipinski definition) is 1. The van der Waals surface area contributed by atoms with Crippen LogP contribution in [0.2, 0.25) is 0 Å². The van der Waals surface area contributed by atoms with Crippen LogP contribution in [0.15, 0.2) is 77.7 Å². The summed E-state index contributed by atoms with van der Waals surface area (Å²) in [5.74, 6) is -0.422. The molecular formula is C37H44N4O5S. The first-order chi connectivity index (χ1) is 22.5. The highest BCUT2D eigenvalue weighted by Crippen LogP contribution is 2.31. The summed E-state index contributed by atoms with van der Waals surface area (Å²) in [5, 5.41) is 15.1. The van der Waals surface area contributed by atoms with Crippen molar-refractivity contribution >= 4 is 21.7 Å². The van der Waals surface area contributed by atoms with Gasteiger partial charge in [-0.15, -0.1) is 0 Å². The molecule has 0 bridgehead atoms. The van der Waals surface area contributed by atoms with Gasteiger partial charge in [0.05, 0.1) is 28.8 Å². The predicted octanol–water partition coefficient (Wildman–Crippen LogP) is 5.85. The zero-order valence-electron chi connectivity index (χ0n) is 27.6. The highest BCUT2D eigenvalue weighted by Gasteiger charge is 2.32. The van der Waals surface area contributed by atoms with Crippen molar-refractivity contribution in [3.8, 4) is 16.8 Å². The summed E-state index contributed by atoms with van der Waals surface area (Å²) in [6.45, 7) is 7.51. The molecule has 1 atom stereocenters. The van der Waals surface area contributed by atoms with Gasteiger partial charge in [0.25, 0.3) is 11.8 Å². The molecule has 47 heavy (non-hydrogen) atoms. The summed E-state index contributed by atoms with van der Waals surface area (Å²) in [6.07, 6.45) is 5.45. The molecule has 0 saturated heterocycles. The molecule has 0 fully saturated rings. The predicted molar refractivity (Wildman–Crippen MR) is 183 cm³/mol. The Bertz CT molecular complexity index is 1860. The van der Waals surface area contributed by atoms with Gasteiger partial charge in [-0.05, 0) is 78.8 Å². The van der Waals surface area contributed by atoms with E-state index in [1.807, 2.05) is 48.2 Å². The van der Waals surface area contributed by atoms with Crippen molar-refractivity contribution < 1.29 is 23.1 Å². The van der Waals surface area contributed by atoms with Crippen LogP contribution >= 0.6 is 0 Å². The number of benzene rings is 3. The highest BCUT2D eigenvalue weighted by molar-refractivity contribution is 7.90. The van der Waals surface area contributed by atoms with Gasteiger partial charge in [0.2, 0.25) is 0 Å². The molecule has 0 aliphatic carbocycles. The van der Waals surface area contributed by atoms with Gasteiger partial charge in [-0.1, -0.05) is 69.2 Å². The van der Waals surface area contributed by atoms with Crippen LogP contribution in [0.4, 0.5) is 0 Å². The fourth-order valence-electron chi connectivity index (χ4n) is 6.12. The monoisotopic (exact) mass is 656 g/mol. The Morgan fingerprint density at radius 2 is 1.60 bits per heavy atom. The Morgan fingerprint density at radius 1 is 0.915 bits per heavy atom. The van der Waals surface area contributed by atoms with Crippen LogP contribution in [0.1, 0.15) is 77.2 Å². The zero-order valence-corrected chi connectivity index (χ0v) is 28.5. The smallest absolute Gasteiger partial charge is 0.274 e. The summed E-state index contributed by atoms with van der Waals surface area (Å²) < 4.78 is 26.3. The van der Waals surface area contributed by atoms with E-state index >= 15 is 0 Å². The maximum atomic E-state index is 14.6.